The molecule has 1 aromatic carbocycles. The number of ether oxygens (including phenoxy) is 1. The van der Waals surface area contributed by atoms with Gasteiger partial charge in [-0.05, 0) is 18.4 Å². The first-order chi connectivity index (χ1) is 8.29. The molecule has 0 saturated carbocycles. The summed E-state index contributed by atoms with van der Waals surface area (Å²) in [6.07, 6.45) is 2.92. The molecule has 0 aliphatic heterocycles. The number of hydrogen-bond donors (Lipinski definition) is 2. The molecule has 0 aromatic heterocycles. The summed E-state index contributed by atoms with van der Waals surface area (Å²) in [4.78, 5) is 0. The van der Waals surface area contributed by atoms with Crippen LogP contribution in [0.4, 0.5) is 0 Å². The summed E-state index contributed by atoms with van der Waals surface area (Å²) in [7, 11) is 1.71. The lowest BCUT2D eigenvalue weighted by Crippen LogP contribution is -2.38. The molecule has 0 aliphatic carbocycles. The Morgan fingerprint density at radius 1 is 1.24 bits per heavy atom. The Morgan fingerprint density at radius 3 is 2.47 bits per heavy atom. The van der Waals surface area contributed by atoms with Gasteiger partial charge in [0, 0.05) is 25.7 Å². The number of aliphatic hydroxyl groups is 1. The Balaban J connectivity index is 2.68. The Hall–Kier alpha value is -0.900. The minimum atomic E-state index is -0.297. The third kappa shape index (κ3) is 3.80. The molecule has 1 unspecified atom stereocenters. The van der Waals surface area contributed by atoms with Crippen molar-refractivity contribution in [1.82, 2.24) is 0 Å². The van der Waals surface area contributed by atoms with Crippen LogP contribution in [0.15, 0.2) is 30.3 Å². The van der Waals surface area contributed by atoms with E-state index in [0.717, 1.165) is 31.4 Å². The van der Waals surface area contributed by atoms with Crippen molar-refractivity contribution in [2.45, 2.75) is 24.7 Å². The lowest BCUT2D eigenvalue weighted by molar-refractivity contribution is 0.167. The van der Waals surface area contributed by atoms with E-state index in [1.807, 2.05) is 30.3 Å². The van der Waals surface area contributed by atoms with E-state index in [9.17, 15) is 5.11 Å². The highest BCUT2D eigenvalue weighted by Gasteiger charge is 2.29. The van der Waals surface area contributed by atoms with Gasteiger partial charge in [-0.2, -0.15) is 0 Å². The first-order valence-electron chi connectivity index (χ1n) is 6.14. The Kier molecular flexibility index (Phi) is 6.19. The fourth-order valence-electron chi connectivity index (χ4n) is 2.10. The van der Waals surface area contributed by atoms with Crippen molar-refractivity contribution < 1.29 is 9.84 Å². The van der Waals surface area contributed by atoms with Crippen LogP contribution in [0.2, 0.25) is 0 Å². The van der Waals surface area contributed by atoms with E-state index < -0.39 is 0 Å². The third-order valence-electron chi connectivity index (χ3n) is 3.33. The highest BCUT2D eigenvalue weighted by atomic mass is 16.5. The predicted molar refractivity (Wildman–Crippen MR) is 70.0 cm³/mol. The second-order valence-electron chi connectivity index (χ2n) is 4.46. The summed E-state index contributed by atoms with van der Waals surface area (Å²) in [5, 5.41) is 9.68. The van der Waals surface area contributed by atoms with E-state index in [1.54, 1.807) is 7.11 Å². The molecule has 1 rings (SSSR count). The van der Waals surface area contributed by atoms with Gasteiger partial charge in [0.2, 0.25) is 0 Å². The molecule has 3 heteroatoms. The molecule has 0 fully saturated rings. The van der Waals surface area contributed by atoms with Crippen LogP contribution in [-0.4, -0.2) is 32.0 Å². The van der Waals surface area contributed by atoms with Crippen molar-refractivity contribution in [1.29, 1.82) is 0 Å². The summed E-state index contributed by atoms with van der Waals surface area (Å²) in [6.45, 7) is 1.34. The van der Waals surface area contributed by atoms with Gasteiger partial charge in [-0.1, -0.05) is 36.8 Å². The van der Waals surface area contributed by atoms with E-state index in [1.165, 1.54) is 0 Å². The van der Waals surface area contributed by atoms with Gasteiger partial charge in [-0.25, -0.2) is 0 Å². The summed E-state index contributed by atoms with van der Waals surface area (Å²) < 4.78 is 5.04. The Morgan fingerprint density at radius 2 is 1.94 bits per heavy atom. The molecule has 1 aromatic rings. The van der Waals surface area contributed by atoms with Crippen LogP contribution in [0.25, 0.3) is 0 Å². The average Bonchev–Trinajstić information content (AvgIpc) is 2.41. The van der Waals surface area contributed by atoms with Crippen molar-refractivity contribution in [2.24, 2.45) is 5.73 Å². The monoisotopic (exact) mass is 237 g/mol. The van der Waals surface area contributed by atoms with E-state index >= 15 is 0 Å². The third-order valence-corrected chi connectivity index (χ3v) is 3.33. The predicted octanol–water partition coefficient (Wildman–Crippen LogP) is 1.69. The zero-order valence-electron chi connectivity index (χ0n) is 10.6. The maximum atomic E-state index is 9.68. The fourth-order valence-corrected chi connectivity index (χ4v) is 2.10. The summed E-state index contributed by atoms with van der Waals surface area (Å²) in [5.41, 5.74) is 6.70. The van der Waals surface area contributed by atoms with Crippen molar-refractivity contribution in [3.05, 3.63) is 35.9 Å². The van der Waals surface area contributed by atoms with Crippen LogP contribution in [0, 0.1) is 0 Å². The minimum Gasteiger partial charge on any atom is -0.395 e. The van der Waals surface area contributed by atoms with E-state index in [2.05, 4.69) is 0 Å². The van der Waals surface area contributed by atoms with Gasteiger partial charge >= 0.3 is 0 Å². The molecule has 3 nitrogen and oxygen atoms in total. The molecular formula is C14H23NO2. The van der Waals surface area contributed by atoms with Gasteiger partial charge in [0.05, 0.1) is 6.61 Å². The van der Waals surface area contributed by atoms with Crippen LogP contribution in [-0.2, 0) is 10.2 Å². The van der Waals surface area contributed by atoms with Gasteiger partial charge in [0.1, 0.15) is 0 Å². The number of methoxy groups -OCH3 is 1. The number of hydrogen-bond acceptors (Lipinski definition) is 3. The van der Waals surface area contributed by atoms with E-state index in [-0.39, 0.29) is 12.0 Å². The summed E-state index contributed by atoms with van der Waals surface area (Å²) in [5.74, 6) is 0. The molecule has 0 heterocycles. The molecule has 0 bridgehead atoms. The molecule has 0 radical (unpaired) electrons. The zero-order valence-corrected chi connectivity index (χ0v) is 10.6. The van der Waals surface area contributed by atoms with E-state index in [0.29, 0.717) is 6.54 Å². The van der Waals surface area contributed by atoms with Crippen LogP contribution in [0.3, 0.4) is 0 Å². The van der Waals surface area contributed by atoms with Gasteiger partial charge < -0.3 is 15.6 Å². The highest BCUT2D eigenvalue weighted by Crippen LogP contribution is 2.28. The first-order valence-corrected chi connectivity index (χ1v) is 6.14. The minimum absolute atomic E-state index is 0.0977. The van der Waals surface area contributed by atoms with Gasteiger partial charge in [-0.15, -0.1) is 0 Å². The summed E-state index contributed by atoms with van der Waals surface area (Å²) >= 11 is 0. The second kappa shape index (κ2) is 7.43. The number of unbranched alkanes of at least 4 members (excludes halogenated alkanes) is 1. The van der Waals surface area contributed by atoms with E-state index in [4.69, 9.17) is 10.5 Å². The molecule has 96 valence electrons. The molecule has 0 amide bonds. The number of benzene rings is 1. The smallest absolute Gasteiger partial charge is 0.0540 e. The van der Waals surface area contributed by atoms with Crippen molar-refractivity contribution >= 4 is 0 Å². The van der Waals surface area contributed by atoms with Gasteiger partial charge in [0.25, 0.3) is 0 Å². The lowest BCUT2D eigenvalue weighted by Gasteiger charge is -2.31. The fraction of sp³-hybridized carbons (Fsp3) is 0.571. The quantitative estimate of drug-likeness (QED) is 0.677. The molecule has 3 N–H and O–H groups in total. The highest BCUT2D eigenvalue weighted by molar-refractivity contribution is 5.26. The van der Waals surface area contributed by atoms with Gasteiger partial charge in [0.15, 0.2) is 0 Å². The van der Waals surface area contributed by atoms with Crippen LogP contribution in [0.1, 0.15) is 24.8 Å². The molecule has 0 spiro atoms. The van der Waals surface area contributed by atoms with Crippen molar-refractivity contribution in [2.75, 3.05) is 26.9 Å². The lowest BCUT2D eigenvalue weighted by atomic mass is 9.77. The number of rotatable bonds is 8. The summed E-state index contributed by atoms with van der Waals surface area (Å²) in [6, 6.07) is 10.0. The van der Waals surface area contributed by atoms with Crippen molar-refractivity contribution in [3.63, 3.8) is 0 Å². The Bertz CT molecular complexity index is 296. The standard InChI is InChI=1S/C14H23NO2/c1-17-10-6-5-9-14(11-15,12-16)13-7-3-2-4-8-13/h2-4,7-8,16H,5-6,9-12,15H2,1H3. The number of aliphatic hydroxyl groups excluding tert-OH is 1. The molecule has 0 aliphatic rings. The topological polar surface area (TPSA) is 55.5 Å². The molecule has 0 saturated heterocycles. The maximum absolute atomic E-state index is 9.68. The largest absolute Gasteiger partial charge is 0.395 e. The normalized spacial score (nSPS) is 14.5. The molecular weight excluding hydrogens is 214 g/mol. The first kappa shape index (κ1) is 14.2. The SMILES string of the molecule is COCCCCC(CN)(CO)c1ccccc1. The van der Waals surface area contributed by atoms with Crippen LogP contribution >= 0.6 is 0 Å². The number of nitrogens with two attached hydrogens (primary N) is 1. The zero-order chi connectivity index (χ0) is 12.6. The van der Waals surface area contributed by atoms with Crippen LogP contribution in [0.5, 0.6) is 0 Å². The molecule has 17 heavy (non-hydrogen) atoms. The van der Waals surface area contributed by atoms with Crippen molar-refractivity contribution in [3.8, 4) is 0 Å². The molecule has 1 atom stereocenters. The van der Waals surface area contributed by atoms with Gasteiger partial charge in [-0.3, -0.25) is 0 Å². The Labute approximate surface area is 104 Å². The average molecular weight is 237 g/mol. The van der Waals surface area contributed by atoms with Crippen LogP contribution < -0.4 is 5.73 Å². The maximum Gasteiger partial charge on any atom is 0.0540 e. The second-order valence-corrected chi connectivity index (χ2v) is 4.46.